The van der Waals surface area contributed by atoms with Gasteiger partial charge in [0.25, 0.3) is 5.91 Å². The van der Waals surface area contributed by atoms with Gasteiger partial charge >= 0.3 is 0 Å². The lowest BCUT2D eigenvalue weighted by atomic mass is 10.3. The van der Waals surface area contributed by atoms with E-state index in [0.717, 1.165) is 12.1 Å². The molecule has 100 valence electrons. The number of hydrogen-bond acceptors (Lipinski definition) is 4. The Morgan fingerprint density at radius 3 is 2.83 bits per heavy atom. The number of pyridine rings is 1. The van der Waals surface area contributed by atoms with Crippen molar-refractivity contribution in [1.82, 2.24) is 15.6 Å². The van der Waals surface area contributed by atoms with E-state index in [2.05, 4.69) is 15.6 Å². The third-order valence-corrected chi connectivity index (χ3v) is 2.39. The van der Waals surface area contributed by atoms with Crippen LogP contribution in [0.2, 0.25) is 0 Å². The average Bonchev–Trinajstić information content (AvgIpc) is 2.38. The van der Waals surface area contributed by atoms with Crippen LogP contribution in [0.15, 0.2) is 18.3 Å². The first-order valence-corrected chi connectivity index (χ1v) is 6.21. The van der Waals surface area contributed by atoms with Gasteiger partial charge in [-0.05, 0) is 32.5 Å². The van der Waals surface area contributed by atoms with Gasteiger partial charge in [0, 0.05) is 13.1 Å². The average molecular weight is 251 g/mol. The van der Waals surface area contributed by atoms with Crippen molar-refractivity contribution in [3.8, 4) is 5.75 Å². The van der Waals surface area contributed by atoms with Gasteiger partial charge in [0.15, 0.2) is 6.10 Å². The van der Waals surface area contributed by atoms with E-state index in [0.29, 0.717) is 18.8 Å². The highest BCUT2D eigenvalue weighted by Crippen LogP contribution is 2.11. The molecule has 1 aromatic rings. The number of carbonyl (C=O) groups is 1. The van der Waals surface area contributed by atoms with Gasteiger partial charge in [-0.1, -0.05) is 6.92 Å². The van der Waals surface area contributed by atoms with Crippen molar-refractivity contribution < 1.29 is 9.53 Å². The normalized spacial score (nSPS) is 11.9. The molecule has 2 N–H and O–H groups in total. The van der Waals surface area contributed by atoms with Gasteiger partial charge in [-0.15, -0.1) is 0 Å². The van der Waals surface area contributed by atoms with Crippen molar-refractivity contribution >= 4 is 5.91 Å². The molecule has 5 nitrogen and oxygen atoms in total. The Hall–Kier alpha value is -1.62. The summed E-state index contributed by atoms with van der Waals surface area (Å²) in [7, 11) is 1.87. The molecular formula is C13H21N3O2. The fourth-order valence-electron chi connectivity index (χ4n) is 1.42. The molecular weight excluding hydrogens is 230 g/mol. The van der Waals surface area contributed by atoms with Crippen molar-refractivity contribution in [2.75, 3.05) is 13.6 Å². The molecule has 18 heavy (non-hydrogen) atoms. The topological polar surface area (TPSA) is 63.2 Å². The zero-order valence-corrected chi connectivity index (χ0v) is 11.2. The van der Waals surface area contributed by atoms with E-state index in [4.69, 9.17) is 4.74 Å². The number of aromatic nitrogens is 1. The van der Waals surface area contributed by atoms with Crippen molar-refractivity contribution in [1.29, 1.82) is 0 Å². The van der Waals surface area contributed by atoms with Crippen LogP contribution in [-0.4, -0.2) is 30.6 Å². The van der Waals surface area contributed by atoms with Crippen LogP contribution in [-0.2, 0) is 11.3 Å². The highest BCUT2D eigenvalue weighted by Gasteiger charge is 2.13. The maximum Gasteiger partial charge on any atom is 0.260 e. The molecule has 0 saturated carbocycles. The highest BCUT2D eigenvalue weighted by atomic mass is 16.5. The zero-order chi connectivity index (χ0) is 13.4. The first-order chi connectivity index (χ1) is 8.67. The molecule has 0 saturated heterocycles. The number of nitrogens with one attached hydrogen (secondary N) is 2. The second kappa shape index (κ2) is 7.66. The van der Waals surface area contributed by atoms with Crippen LogP contribution < -0.4 is 15.4 Å². The van der Waals surface area contributed by atoms with E-state index < -0.39 is 6.10 Å². The van der Waals surface area contributed by atoms with Gasteiger partial charge in [-0.25, -0.2) is 0 Å². The Morgan fingerprint density at radius 2 is 2.28 bits per heavy atom. The minimum atomic E-state index is -0.506. The quantitative estimate of drug-likeness (QED) is 0.761. The minimum Gasteiger partial charge on any atom is -0.479 e. The van der Waals surface area contributed by atoms with E-state index in [1.54, 1.807) is 13.1 Å². The standard InChI is InChI=1S/C13H21N3O2/c1-4-7-15-13(17)10(2)18-12-6-5-11(8-14-3)16-9-12/h5-6,9-10,14H,4,7-8H2,1-3H3,(H,15,17). The summed E-state index contributed by atoms with van der Waals surface area (Å²) in [6, 6.07) is 3.70. The number of amides is 1. The van der Waals surface area contributed by atoms with Gasteiger partial charge < -0.3 is 15.4 Å². The predicted molar refractivity (Wildman–Crippen MR) is 70.4 cm³/mol. The molecule has 1 atom stereocenters. The summed E-state index contributed by atoms with van der Waals surface area (Å²) in [5, 5.41) is 5.81. The molecule has 0 spiro atoms. The van der Waals surface area contributed by atoms with E-state index >= 15 is 0 Å². The van der Waals surface area contributed by atoms with Crippen molar-refractivity contribution in [2.24, 2.45) is 0 Å². The van der Waals surface area contributed by atoms with Gasteiger partial charge in [0.05, 0.1) is 11.9 Å². The van der Waals surface area contributed by atoms with Crippen molar-refractivity contribution in [2.45, 2.75) is 32.9 Å². The molecule has 0 fully saturated rings. The summed E-state index contributed by atoms with van der Waals surface area (Å²) >= 11 is 0. The number of rotatable bonds is 7. The van der Waals surface area contributed by atoms with E-state index in [1.165, 1.54) is 0 Å². The number of ether oxygens (including phenoxy) is 1. The lowest BCUT2D eigenvalue weighted by Gasteiger charge is -2.14. The molecule has 0 radical (unpaired) electrons. The molecule has 0 aliphatic rings. The minimum absolute atomic E-state index is 0.101. The summed E-state index contributed by atoms with van der Waals surface area (Å²) in [4.78, 5) is 15.8. The van der Waals surface area contributed by atoms with Crippen LogP contribution in [0.4, 0.5) is 0 Å². The Morgan fingerprint density at radius 1 is 1.50 bits per heavy atom. The van der Waals surface area contributed by atoms with Crippen molar-refractivity contribution in [3.05, 3.63) is 24.0 Å². The van der Waals surface area contributed by atoms with Crippen LogP contribution in [0.25, 0.3) is 0 Å². The molecule has 1 amide bonds. The van der Waals surface area contributed by atoms with Gasteiger partial charge in [-0.2, -0.15) is 0 Å². The maximum absolute atomic E-state index is 11.6. The second-order valence-electron chi connectivity index (χ2n) is 4.07. The van der Waals surface area contributed by atoms with Crippen LogP contribution in [0.1, 0.15) is 26.0 Å². The van der Waals surface area contributed by atoms with E-state index in [1.807, 2.05) is 26.1 Å². The van der Waals surface area contributed by atoms with Crippen LogP contribution in [0, 0.1) is 0 Å². The fraction of sp³-hybridized carbons (Fsp3) is 0.538. The van der Waals surface area contributed by atoms with Gasteiger partial charge in [0.1, 0.15) is 5.75 Å². The number of hydrogen-bond donors (Lipinski definition) is 2. The molecule has 0 bridgehead atoms. The Bertz CT molecular complexity index is 365. The Balaban J connectivity index is 2.48. The summed E-state index contributed by atoms with van der Waals surface area (Å²) in [5.41, 5.74) is 0.938. The lowest BCUT2D eigenvalue weighted by molar-refractivity contribution is -0.127. The third-order valence-electron chi connectivity index (χ3n) is 2.39. The largest absolute Gasteiger partial charge is 0.479 e. The zero-order valence-electron chi connectivity index (χ0n) is 11.2. The first-order valence-electron chi connectivity index (χ1n) is 6.21. The third kappa shape index (κ3) is 4.71. The summed E-state index contributed by atoms with van der Waals surface area (Å²) in [5.74, 6) is 0.505. The van der Waals surface area contributed by atoms with E-state index in [-0.39, 0.29) is 5.91 Å². The molecule has 1 heterocycles. The molecule has 1 unspecified atom stereocenters. The SMILES string of the molecule is CCCNC(=O)C(C)Oc1ccc(CNC)nc1. The Labute approximate surface area is 108 Å². The smallest absolute Gasteiger partial charge is 0.260 e. The molecule has 0 aromatic carbocycles. The van der Waals surface area contributed by atoms with Crippen LogP contribution >= 0.6 is 0 Å². The Kier molecular flexibility index (Phi) is 6.14. The number of carbonyl (C=O) groups excluding carboxylic acids is 1. The predicted octanol–water partition coefficient (Wildman–Crippen LogP) is 1.09. The number of nitrogens with zero attached hydrogens (tertiary/aromatic N) is 1. The van der Waals surface area contributed by atoms with Crippen LogP contribution in [0.5, 0.6) is 5.75 Å². The monoisotopic (exact) mass is 251 g/mol. The molecule has 5 heteroatoms. The summed E-state index contributed by atoms with van der Waals surface area (Å²) in [6.07, 6.45) is 2.04. The van der Waals surface area contributed by atoms with Crippen molar-refractivity contribution in [3.63, 3.8) is 0 Å². The fourth-order valence-corrected chi connectivity index (χ4v) is 1.42. The molecule has 1 aromatic heterocycles. The highest BCUT2D eigenvalue weighted by molar-refractivity contribution is 5.80. The summed E-state index contributed by atoms with van der Waals surface area (Å²) < 4.78 is 5.51. The van der Waals surface area contributed by atoms with Gasteiger partial charge in [0.2, 0.25) is 0 Å². The molecule has 0 aliphatic carbocycles. The van der Waals surface area contributed by atoms with Crippen LogP contribution in [0.3, 0.4) is 0 Å². The van der Waals surface area contributed by atoms with E-state index in [9.17, 15) is 4.79 Å². The summed E-state index contributed by atoms with van der Waals surface area (Å²) in [6.45, 7) is 5.13. The molecule has 1 rings (SSSR count). The van der Waals surface area contributed by atoms with Gasteiger partial charge in [-0.3, -0.25) is 9.78 Å². The maximum atomic E-state index is 11.6. The first kappa shape index (κ1) is 14.4. The second-order valence-corrected chi connectivity index (χ2v) is 4.07. The lowest BCUT2D eigenvalue weighted by Crippen LogP contribution is -2.36. The molecule has 0 aliphatic heterocycles.